The van der Waals surface area contributed by atoms with Gasteiger partial charge in [-0.15, -0.1) is 0 Å². The summed E-state index contributed by atoms with van der Waals surface area (Å²) in [5.74, 6) is -0.824. The quantitative estimate of drug-likeness (QED) is 0.904. The number of anilines is 1. The van der Waals surface area contributed by atoms with Crippen molar-refractivity contribution in [3.63, 3.8) is 0 Å². The number of halogens is 1. The Morgan fingerprint density at radius 1 is 1.57 bits per heavy atom. The van der Waals surface area contributed by atoms with Gasteiger partial charge in [0.1, 0.15) is 6.54 Å². The van der Waals surface area contributed by atoms with E-state index in [0.717, 1.165) is 15.7 Å². The number of hydrogen-bond donors (Lipinski definition) is 1. The van der Waals surface area contributed by atoms with Crippen LogP contribution in [0.2, 0.25) is 0 Å². The molecule has 14 heavy (non-hydrogen) atoms. The lowest BCUT2D eigenvalue weighted by Gasteiger charge is -2.19. The molecule has 0 saturated heterocycles. The van der Waals surface area contributed by atoms with Crippen LogP contribution in [0.4, 0.5) is 5.69 Å². The predicted octanol–water partition coefficient (Wildman–Crippen LogP) is 2.28. The fourth-order valence-electron chi connectivity index (χ4n) is 1.34. The molecule has 3 nitrogen and oxygen atoms in total. The molecule has 0 aromatic heterocycles. The first-order valence-electron chi connectivity index (χ1n) is 4.20. The van der Waals surface area contributed by atoms with Gasteiger partial charge >= 0.3 is 5.97 Å². The van der Waals surface area contributed by atoms with Crippen LogP contribution in [-0.2, 0) is 4.79 Å². The first kappa shape index (κ1) is 11.0. The Labute approximate surface area is 91.5 Å². The summed E-state index contributed by atoms with van der Waals surface area (Å²) in [4.78, 5) is 12.2. The van der Waals surface area contributed by atoms with Gasteiger partial charge in [0.2, 0.25) is 0 Å². The molecule has 0 radical (unpaired) electrons. The largest absolute Gasteiger partial charge is 0.480 e. The molecule has 0 aliphatic carbocycles. The number of carboxylic acids is 1. The van der Waals surface area contributed by atoms with Crippen LogP contribution in [0.15, 0.2) is 22.7 Å². The van der Waals surface area contributed by atoms with E-state index >= 15 is 0 Å². The van der Waals surface area contributed by atoms with Gasteiger partial charge < -0.3 is 10.0 Å². The van der Waals surface area contributed by atoms with Gasteiger partial charge in [-0.2, -0.15) is 0 Å². The highest BCUT2D eigenvalue weighted by Gasteiger charge is 2.07. The molecule has 76 valence electrons. The number of aliphatic carboxylic acids is 1. The molecule has 0 aliphatic rings. The van der Waals surface area contributed by atoms with Gasteiger partial charge in [0.25, 0.3) is 0 Å². The minimum absolute atomic E-state index is 0.0163. The lowest BCUT2D eigenvalue weighted by Crippen LogP contribution is -2.25. The smallest absolute Gasteiger partial charge is 0.323 e. The zero-order valence-electron chi connectivity index (χ0n) is 8.12. The standard InChI is InChI=1S/C10H12BrNO2/c1-7-5-8(11)3-4-9(7)12(2)6-10(13)14/h3-5H,6H2,1-2H3,(H,13,14). The topological polar surface area (TPSA) is 40.5 Å². The first-order valence-corrected chi connectivity index (χ1v) is 4.99. The van der Waals surface area contributed by atoms with E-state index in [-0.39, 0.29) is 6.54 Å². The fraction of sp³-hybridized carbons (Fsp3) is 0.300. The Morgan fingerprint density at radius 3 is 2.71 bits per heavy atom. The molecule has 0 saturated carbocycles. The van der Waals surface area contributed by atoms with E-state index in [4.69, 9.17) is 5.11 Å². The second-order valence-corrected chi connectivity index (χ2v) is 4.10. The second-order valence-electron chi connectivity index (χ2n) is 3.18. The molecule has 0 heterocycles. The molecule has 0 amide bonds. The summed E-state index contributed by atoms with van der Waals surface area (Å²) < 4.78 is 1.00. The molecule has 4 heteroatoms. The van der Waals surface area contributed by atoms with Gasteiger partial charge in [-0.1, -0.05) is 15.9 Å². The average molecular weight is 258 g/mol. The minimum atomic E-state index is -0.824. The summed E-state index contributed by atoms with van der Waals surface area (Å²) in [6.45, 7) is 1.97. The van der Waals surface area contributed by atoms with Crippen molar-refractivity contribution in [1.29, 1.82) is 0 Å². The summed E-state index contributed by atoms with van der Waals surface area (Å²) >= 11 is 3.36. The third-order valence-electron chi connectivity index (χ3n) is 1.94. The molecule has 1 rings (SSSR count). The number of nitrogens with zero attached hydrogens (tertiary/aromatic N) is 1. The molecule has 0 aliphatic heterocycles. The van der Waals surface area contributed by atoms with E-state index in [9.17, 15) is 4.79 Å². The Bertz CT molecular complexity index is 352. The molecular formula is C10H12BrNO2. The average Bonchev–Trinajstić information content (AvgIpc) is 2.01. The van der Waals surface area contributed by atoms with Crippen molar-refractivity contribution in [2.24, 2.45) is 0 Å². The molecule has 0 unspecified atom stereocenters. The summed E-state index contributed by atoms with van der Waals surface area (Å²) in [5, 5.41) is 8.64. The van der Waals surface area contributed by atoms with Gasteiger partial charge in [-0.25, -0.2) is 0 Å². The van der Waals surface area contributed by atoms with Crippen molar-refractivity contribution < 1.29 is 9.90 Å². The van der Waals surface area contributed by atoms with Crippen molar-refractivity contribution in [3.8, 4) is 0 Å². The number of likely N-dealkylation sites (N-methyl/N-ethyl adjacent to an activating group) is 1. The third kappa shape index (κ3) is 2.73. The van der Waals surface area contributed by atoms with Gasteiger partial charge in [0, 0.05) is 17.2 Å². The first-order chi connectivity index (χ1) is 6.50. The van der Waals surface area contributed by atoms with E-state index in [1.54, 1.807) is 11.9 Å². The Morgan fingerprint density at radius 2 is 2.21 bits per heavy atom. The van der Waals surface area contributed by atoms with Crippen LogP contribution in [0.1, 0.15) is 5.56 Å². The fourth-order valence-corrected chi connectivity index (χ4v) is 1.81. The molecule has 0 fully saturated rings. The lowest BCUT2D eigenvalue weighted by molar-refractivity contribution is -0.135. The Kier molecular flexibility index (Phi) is 3.52. The molecule has 0 atom stereocenters. The molecule has 1 aromatic rings. The highest BCUT2D eigenvalue weighted by Crippen LogP contribution is 2.22. The molecular weight excluding hydrogens is 246 g/mol. The zero-order valence-corrected chi connectivity index (χ0v) is 9.71. The summed E-state index contributed by atoms with van der Waals surface area (Å²) in [5.41, 5.74) is 2.00. The molecule has 0 spiro atoms. The van der Waals surface area contributed by atoms with Crippen LogP contribution in [0.3, 0.4) is 0 Å². The SMILES string of the molecule is Cc1cc(Br)ccc1N(C)CC(=O)O. The highest BCUT2D eigenvalue weighted by atomic mass is 79.9. The number of hydrogen-bond acceptors (Lipinski definition) is 2. The van der Waals surface area contributed by atoms with Crippen molar-refractivity contribution in [1.82, 2.24) is 0 Å². The van der Waals surface area contributed by atoms with Crippen LogP contribution in [0, 0.1) is 6.92 Å². The second kappa shape index (κ2) is 4.46. The van der Waals surface area contributed by atoms with Crippen LogP contribution < -0.4 is 4.90 Å². The lowest BCUT2D eigenvalue weighted by atomic mass is 10.2. The van der Waals surface area contributed by atoms with Gasteiger partial charge in [-0.3, -0.25) is 4.79 Å². The zero-order chi connectivity index (χ0) is 10.7. The Hall–Kier alpha value is -1.03. The molecule has 0 bridgehead atoms. The maximum atomic E-state index is 10.5. The van der Waals surface area contributed by atoms with E-state index < -0.39 is 5.97 Å². The maximum Gasteiger partial charge on any atom is 0.323 e. The van der Waals surface area contributed by atoms with E-state index in [1.165, 1.54) is 0 Å². The number of carbonyl (C=O) groups is 1. The summed E-state index contributed by atoms with van der Waals surface area (Å²) in [6.07, 6.45) is 0. The van der Waals surface area contributed by atoms with Crippen molar-refractivity contribution in [2.75, 3.05) is 18.5 Å². The van der Waals surface area contributed by atoms with Crippen molar-refractivity contribution in [2.45, 2.75) is 6.92 Å². The number of aryl methyl sites for hydroxylation is 1. The summed E-state index contributed by atoms with van der Waals surface area (Å²) in [6, 6.07) is 5.77. The van der Waals surface area contributed by atoms with Gasteiger partial charge in [0.05, 0.1) is 0 Å². The molecule has 1 N–H and O–H groups in total. The Balaban J connectivity index is 2.90. The van der Waals surface area contributed by atoms with Crippen molar-refractivity contribution in [3.05, 3.63) is 28.2 Å². The number of carboxylic acid groups (broad SMARTS) is 1. The van der Waals surface area contributed by atoms with E-state index in [2.05, 4.69) is 15.9 Å². The van der Waals surface area contributed by atoms with Crippen LogP contribution >= 0.6 is 15.9 Å². The van der Waals surface area contributed by atoms with Crippen LogP contribution in [0.25, 0.3) is 0 Å². The number of benzene rings is 1. The van der Waals surface area contributed by atoms with Crippen LogP contribution in [0.5, 0.6) is 0 Å². The van der Waals surface area contributed by atoms with E-state index in [1.807, 2.05) is 25.1 Å². The normalized spacial score (nSPS) is 9.93. The monoisotopic (exact) mass is 257 g/mol. The number of rotatable bonds is 3. The summed E-state index contributed by atoms with van der Waals surface area (Å²) in [7, 11) is 1.77. The van der Waals surface area contributed by atoms with Crippen LogP contribution in [-0.4, -0.2) is 24.7 Å². The highest BCUT2D eigenvalue weighted by molar-refractivity contribution is 9.10. The van der Waals surface area contributed by atoms with Crippen molar-refractivity contribution >= 4 is 27.6 Å². The third-order valence-corrected chi connectivity index (χ3v) is 2.44. The maximum absolute atomic E-state index is 10.5. The van der Waals surface area contributed by atoms with Gasteiger partial charge in [-0.05, 0) is 30.7 Å². The van der Waals surface area contributed by atoms with Gasteiger partial charge in [0.15, 0.2) is 0 Å². The minimum Gasteiger partial charge on any atom is -0.480 e. The predicted molar refractivity (Wildman–Crippen MR) is 59.8 cm³/mol. The molecule has 1 aromatic carbocycles. The van der Waals surface area contributed by atoms with E-state index in [0.29, 0.717) is 0 Å².